The summed E-state index contributed by atoms with van der Waals surface area (Å²) in [5, 5.41) is 3.83. The van der Waals surface area contributed by atoms with E-state index in [-0.39, 0.29) is 0 Å². The van der Waals surface area contributed by atoms with Crippen molar-refractivity contribution >= 4 is 0 Å². The summed E-state index contributed by atoms with van der Waals surface area (Å²) in [6.45, 7) is 4.84. The molecule has 2 fully saturated rings. The molecule has 1 aliphatic carbocycles. The first kappa shape index (κ1) is 14.1. The third kappa shape index (κ3) is 4.07. The molecule has 1 unspecified atom stereocenters. The second-order valence-electron chi connectivity index (χ2n) is 6.62. The summed E-state index contributed by atoms with van der Waals surface area (Å²) in [4.78, 5) is 2.59. The molecule has 2 heteroatoms. The zero-order valence-corrected chi connectivity index (χ0v) is 12.6. The second-order valence-corrected chi connectivity index (χ2v) is 6.62. The first-order valence-electron chi connectivity index (χ1n) is 8.40. The van der Waals surface area contributed by atoms with Crippen LogP contribution in [-0.2, 0) is 6.54 Å². The molecule has 1 heterocycles. The Bertz CT molecular complexity index is 384. The molecular formula is C18H28N2. The van der Waals surface area contributed by atoms with Gasteiger partial charge in [0, 0.05) is 25.7 Å². The van der Waals surface area contributed by atoms with E-state index in [9.17, 15) is 0 Å². The van der Waals surface area contributed by atoms with Gasteiger partial charge in [0.05, 0.1) is 0 Å². The lowest BCUT2D eigenvalue weighted by atomic mass is 9.89. The molecule has 0 spiro atoms. The van der Waals surface area contributed by atoms with E-state index in [2.05, 4.69) is 40.5 Å². The topological polar surface area (TPSA) is 15.3 Å². The maximum atomic E-state index is 3.83. The van der Waals surface area contributed by atoms with Gasteiger partial charge in [-0.3, -0.25) is 4.90 Å². The lowest BCUT2D eigenvalue weighted by Crippen LogP contribution is -2.36. The molecule has 3 rings (SSSR count). The van der Waals surface area contributed by atoms with Crippen molar-refractivity contribution in [1.82, 2.24) is 10.2 Å². The van der Waals surface area contributed by atoms with Gasteiger partial charge in [-0.1, -0.05) is 49.6 Å². The van der Waals surface area contributed by atoms with Gasteiger partial charge in [-0.15, -0.1) is 0 Å². The summed E-state index contributed by atoms with van der Waals surface area (Å²) in [5.41, 5.74) is 1.44. The van der Waals surface area contributed by atoms with Crippen molar-refractivity contribution in [3.63, 3.8) is 0 Å². The largest absolute Gasteiger partial charge is 0.312 e. The Morgan fingerprint density at radius 1 is 1.00 bits per heavy atom. The van der Waals surface area contributed by atoms with Gasteiger partial charge in [0.15, 0.2) is 0 Å². The lowest BCUT2D eigenvalue weighted by molar-refractivity contribution is 0.303. The normalized spacial score (nSPS) is 25.1. The molecule has 0 radical (unpaired) electrons. The Kier molecular flexibility index (Phi) is 5.10. The van der Waals surface area contributed by atoms with Crippen molar-refractivity contribution in [2.45, 2.75) is 51.1 Å². The maximum Gasteiger partial charge on any atom is 0.0234 e. The predicted octanol–water partition coefficient (Wildman–Crippen LogP) is 3.43. The fraction of sp³-hybridized carbons (Fsp3) is 0.667. The highest BCUT2D eigenvalue weighted by Crippen LogP contribution is 2.23. The molecule has 1 atom stereocenters. The predicted molar refractivity (Wildman–Crippen MR) is 84.7 cm³/mol. The smallest absolute Gasteiger partial charge is 0.0234 e. The van der Waals surface area contributed by atoms with Crippen molar-refractivity contribution in [3.8, 4) is 0 Å². The molecule has 1 N–H and O–H groups in total. The second kappa shape index (κ2) is 7.24. The number of nitrogens with one attached hydrogen (secondary N) is 1. The van der Waals surface area contributed by atoms with Crippen LogP contribution in [0.2, 0.25) is 0 Å². The van der Waals surface area contributed by atoms with Crippen molar-refractivity contribution in [3.05, 3.63) is 35.9 Å². The molecule has 1 saturated heterocycles. The molecule has 1 aromatic rings. The quantitative estimate of drug-likeness (QED) is 0.883. The summed E-state index contributed by atoms with van der Waals surface area (Å²) < 4.78 is 0. The minimum Gasteiger partial charge on any atom is -0.312 e. The summed E-state index contributed by atoms with van der Waals surface area (Å²) in [7, 11) is 0. The first-order chi connectivity index (χ1) is 9.90. The summed E-state index contributed by atoms with van der Waals surface area (Å²) in [6, 6.07) is 11.6. The monoisotopic (exact) mass is 272 g/mol. The Morgan fingerprint density at radius 2 is 1.80 bits per heavy atom. The summed E-state index contributed by atoms with van der Waals surface area (Å²) >= 11 is 0. The number of rotatable bonds is 5. The van der Waals surface area contributed by atoms with E-state index in [4.69, 9.17) is 0 Å². The van der Waals surface area contributed by atoms with Crippen molar-refractivity contribution in [2.75, 3.05) is 19.6 Å². The van der Waals surface area contributed by atoms with Crippen LogP contribution in [0.3, 0.4) is 0 Å². The SMILES string of the molecule is c1ccc(CN2CCC(NCC3CCCCC3)C2)cc1. The average Bonchev–Trinajstić information content (AvgIpc) is 2.95. The minimum absolute atomic E-state index is 0.723. The number of hydrogen-bond donors (Lipinski definition) is 1. The summed E-state index contributed by atoms with van der Waals surface area (Å²) in [6.07, 6.45) is 8.60. The Hall–Kier alpha value is -0.860. The van der Waals surface area contributed by atoms with Crippen LogP contribution in [0.25, 0.3) is 0 Å². The third-order valence-corrected chi connectivity index (χ3v) is 4.94. The Labute approximate surface area is 123 Å². The number of likely N-dealkylation sites (tertiary alicyclic amines) is 1. The van der Waals surface area contributed by atoms with Gasteiger partial charge in [-0.05, 0) is 37.3 Å². The van der Waals surface area contributed by atoms with E-state index in [1.165, 1.54) is 63.7 Å². The van der Waals surface area contributed by atoms with E-state index in [0.717, 1.165) is 18.5 Å². The molecule has 1 aliphatic heterocycles. The highest BCUT2D eigenvalue weighted by molar-refractivity contribution is 5.14. The first-order valence-corrected chi connectivity index (χ1v) is 8.40. The number of nitrogens with zero attached hydrogens (tertiary/aromatic N) is 1. The van der Waals surface area contributed by atoms with Crippen molar-refractivity contribution in [1.29, 1.82) is 0 Å². The Balaban J connectivity index is 1.38. The third-order valence-electron chi connectivity index (χ3n) is 4.94. The molecule has 110 valence electrons. The van der Waals surface area contributed by atoms with Gasteiger partial charge >= 0.3 is 0 Å². The fourth-order valence-electron chi connectivity index (χ4n) is 3.71. The van der Waals surface area contributed by atoms with Crippen LogP contribution in [0.15, 0.2) is 30.3 Å². The molecule has 20 heavy (non-hydrogen) atoms. The highest BCUT2D eigenvalue weighted by Gasteiger charge is 2.23. The molecular weight excluding hydrogens is 244 g/mol. The molecule has 0 bridgehead atoms. The van der Waals surface area contributed by atoms with Crippen molar-refractivity contribution in [2.24, 2.45) is 5.92 Å². The van der Waals surface area contributed by atoms with Crippen LogP contribution in [0.1, 0.15) is 44.1 Å². The van der Waals surface area contributed by atoms with E-state index in [1.807, 2.05) is 0 Å². The van der Waals surface area contributed by atoms with Gasteiger partial charge in [-0.25, -0.2) is 0 Å². The highest BCUT2D eigenvalue weighted by atomic mass is 15.2. The van der Waals surface area contributed by atoms with E-state index >= 15 is 0 Å². The van der Waals surface area contributed by atoms with E-state index in [0.29, 0.717) is 0 Å². The van der Waals surface area contributed by atoms with Crippen LogP contribution in [0, 0.1) is 5.92 Å². The molecule has 2 nitrogen and oxygen atoms in total. The number of hydrogen-bond acceptors (Lipinski definition) is 2. The van der Waals surface area contributed by atoms with Crippen LogP contribution in [0.4, 0.5) is 0 Å². The molecule has 1 saturated carbocycles. The van der Waals surface area contributed by atoms with Crippen LogP contribution in [-0.4, -0.2) is 30.6 Å². The molecule has 1 aromatic carbocycles. The summed E-state index contributed by atoms with van der Waals surface area (Å²) in [5.74, 6) is 0.951. The Morgan fingerprint density at radius 3 is 2.60 bits per heavy atom. The zero-order valence-electron chi connectivity index (χ0n) is 12.6. The molecule has 0 amide bonds. The molecule has 0 aromatic heterocycles. The average molecular weight is 272 g/mol. The minimum atomic E-state index is 0.723. The zero-order chi connectivity index (χ0) is 13.6. The molecule has 2 aliphatic rings. The van der Waals surface area contributed by atoms with Gasteiger partial charge in [0.1, 0.15) is 0 Å². The fourth-order valence-corrected chi connectivity index (χ4v) is 3.71. The van der Waals surface area contributed by atoms with Gasteiger partial charge in [0.25, 0.3) is 0 Å². The van der Waals surface area contributed by atoms with Gasteiger partial charge in [0.2, 0.25) is 0 Å². The van der Waals surface area contributed by atoms with Gasteiger partial charge < -0.3 is 5.32 Å². The van der Waals surface area contributed by atoms with Crippen LogP contribution < -0.4 is 5.32 Å². The van der Waals surface area contributed by atoms with Crippen LogP contribution >= 0.6 is 0 Å². The van der Waals surface area contributed by atoms with E-state index < -0.39 is 0 Å². The van der Waals surface area contributed by atoms with E-state index in [1.54, 1.807) is 0 Å². The number of benzene rings is 1. The lowest BCUT2D eigenvalue weighted by Gasteiger charge is -2.24. The van der Waals surface area contributed by atoms with Crippen molar-refractivity contribution < 1.29 is 0 Å². The maximum absolute atomic E-state index is 3.83. The standard InChI is InChI=1S/C18H28N2/c1-3-7-16(8-4-1)13-19-18-11-12-20(15-18)14-17-9-5-2-6-10-17/h2,5-6,9-10,16,18-19H,1,3-4,7-8,11-15H2. The van der Waals surface area contributed by atoms with Crippen LogP contribution in [0.5, 0.6) is 0 Å². The van der Waals surface area contributed by atoms with Gasteiger partial charge in [-0.2, -0.15) is 0 Å².